The second-order valence-corrected chi connectivity index (χ2v) is 8.16. The highest BCUT2D eigenvalue weighted by molar-refractivity contribution is 5.94. The van der Waals surface area contributed by atoms with Gasteiger partial charge < -0.3 is 36.9 Å². The van der Waals surface area contributed by atoms with E-state index in [0.717, 1.165) is 10.9 Å². The summed E-state index contributed by atoms with van der Waals surface area (Å²) in [4.78, 5) is 51.8. The van der Waals surface area contributed by atoms with Crippen LogP contribution in [0.5, 0.6) is 0 Å². The van der Waals surface area contributed by atoms with Gasteiger partial charge in [-0.1, -0.05) is 32.0 Å². The molecule has 0 aliphatic rings. The van der Waals surface area contributed by atoms with E-state index in [9.17, 15) is 29.4 Å². The number of amides is 3. The Labute approximate surface area is 191 Å². The van der Waals surface area contributed by atoms with E-state index in [-0.39, 0.29) is 25.3 Å². The van der Waals surface area contributed by atoms with Gasteiger partial charge in [0.05, 0.1) is 13.2 Å². The molecule has 2 aromatic rings. The molecule has 3 amide bonds. The molecular formula is C22H31N5O6. The molecule has 0 saturated carbocycles. The maximum Gasteiger partial charge on any atom is 0.326 e. The van der Waals surface area contributed by atoms with Crippen LogP contribution in [0.4, 0.5) is 0 Å². The molecule has 3 atom stereocenters. The number of para-hydroxylation sites is 1. The van der Waals surface area contributed by atoms with Gasteiger partial charge >= 0.3 is 5.97 Å². The lowest BCUT2D eigenvalue weighted by molar-refractivity contribution is -0.142. The Bertz CT molecular complexity index is 989. The Balaban J connectivity index is 2.09. The summed E-state index contributed by atoms with van der Waals surface area (Å²) in [6.07, 6.45) is 1.96. The monoisotopic (exact) mass is 461 g/mol. The standard InChI is InChI=1S/C22H31N5O6/c1-12(2)7-16(25-19(29)9-23)20(30)27-18(11-28)21(31)26-17(22(32)33)8-13-10-24-15-6-4-3-5-14(13)15/h3-6,10,12,16-18,24,28H,7-9,11,23H2,1-2H3,(H,25,29)(H,26,31)(H,27,30)(H,32,33). The number of carbonyl (C=O) groups is 4. The quantitative estimate of drug-likeness (QED) is 0.216. The van der Waals surface area contributed by atoms with Gasteiger partial charge in [0.15, 0.2) is 0 Å². The zero-order valence-corrected chi connectivity index (χ0v) is 18.6. The highest BCUT2D eigenvalue weighted by Crippen LogP contribution is 2.19. The molecule has 3 unspecified atom stereocenters. The van der Waals surface area contributed by atoms with Crippen molar-refractivity contribution in [1.29, 1.82) is 0 Å². The van der Waals surface area contributed by atoms with Crippen LogP contribution < -0.4 is 21.7 Å². The highest BCUT2D eigenvalue weighted by atomic mass is 16.4. The highest BCUT2D eigenvalue weighted by Gasteiger charge is 2.30. The first kappa shape index (κ1) is 25.8. The minimum Gasteiger partial charge on any atom is -0.480 e. The Morgan fingerprint density at radius 2 is 1.64 bits per heavy atom. The smallest absolute Gasteiger partial charge is 0.326 e. The predicted octanol–water partition coefficient (Wildman–Crippen LogP) is -0.753. The van der Waals surface area contributed by atoms with Crippen molar-refractivity contribution < 1.29 is 29.4 Å². The first-order valence-electron chi connectivity index (χ1n) is 10.6. The van der Waals surface area contributed by atoms with Crippen LogP contribution in [0.25, 0.3) is 10.9 Å². The van der Waals surface area contributed by atoms with E-state index in [1.165, 1.54) is 0 Å². The van der Waals surface area contributed by atoms with Crippen LogP contribution in [-0.2, 0) is 25.6 Å². The van der Waals surface area contributed by atoms with Crippen LogP contribution in [0.1, 0.15) is 25.8 Å². The molecule has 11 heteroatoms. The number of aliphatic hydroxyl groups excluding tert-OH is 1. The number of H-pyrrole nitrogens is 1. The SMILES string of the molecule is CC(C)CC(NC(=O)CN)C(=O)NC(CO)C(=O)NC(Cc1c[nH]c2ccccc12)C(=O)O. The van der Waals surface area contributed by atoms with Gasteiger partial charge in [-0.25, -0.2) is 4.79 Å². The summed E-state index contributed by atoms with van der Waals surface area (Å²) in [5, 5.41) is 27.3. The lowest BCUT2D eigenvalue weighted by atomic mass is 10.0. The lowest BCUT2D eigenvalue weighted by Gasteiger charge is -2.24. The first-order chi connectivity index (χ1) is 15.7. The number of carbonyl (C=O) groups excluding carboxylic acids is 3. The van der Waals surface area contributed by atoms with Crippen molar-refractivity contribution >= 4 is 34.6 Å². The number of aliphatic hydroxyl groups is 1. The topological polar surface area (TPSA) is 187 Å². The molecule has 33 heavy (non-hydrogen) atoms. The van der Waals surface area contributed by atoms with Gasteiger partial charge in [0.1, 0.15) is 18.1 Å². The van der Waals surface area contributed by atoms with Crippen molar-refractivity contribution in [1.82, 2.24) is 20.9 Å². The van der Waals surface area contributed by atoms with Crippen molar-refractivity contribution in [2.45, 2.75) is 44.8 Å². The summed E-state index contributed by atoms with van der Waals surface area (Å²) in [5.74, 6) is -3.28. The minimum absolute atomic E-state index is 0.000284. The van der Waals surface area contributed by atoms with E-state index >= 15 is 0 Å². The first-order valence-corrected chi connectivity index (χ1v) is 10.6. The number of nitrogens with one attached hydrogen (secondary N) is 4. The predicted molar refractivity (Wildman–Crippen MR) is 121 cm³/mol. The number of rotatable bonds is 12. The summed E-state index contributed by atoms with van der Waals surface area (Å²) >= 11 is 0. The number of hydrogen-bond acceptors (Lipinski definition) is 6. The molecule has 0 aliphatic heterocycles. The largest absolute Gasteiger partial charge is 0.480 e. The molecular weight excluding hydrogens is 430 g/mol. The van der Waals surface area contributed by atoms with Crippen LogP contribution in [0.3, 0.4) is 0 Å². The van der Waals surface area contributed by atoms with Gasteiger partial charge in [0.25, 0.3) is 0 Å². The van der Waals surface area contributed by atoms with E-state index in [1.54, 1.807) is 6.20 Å². The molecule has 1 aromatic heterocycles. The van der Waals surface area contributed by atoms with Gasteiger partial charge in [0.2, 0.25) is 17.7 Å². The van der Waals surface area contributed by atoms with Crippen molar-refractivity contribution in [2.75, 3.05) is 13.2 Å². The van der Waals surface area contributed by atoms with E-state index in [2.05, 4.69) is 20.9 Å². The summed E-state index contributed by atoms with van der Waals surface area (Å²) < 4.78 is 0. The van der Waals surface area contributed by atoms with Gasteiger partial charge in [-0.3, -0.25) is 14.4 Å². The number of benzene rings is 1. The number of hydrogen-bond donors (Lipinski definition) is 7. The maximum atomic E-state index is 12.7. The van der Waals surface area contributed by atoms with E-state index in [0.29, 0.717) is 5.56 Å². The Kier molecular flexibility index (Phi) is 9.37. The van der Waals surface area contributed by atoms with Crippen molar-refractivity contribution in [3.8, 4) is 0 Å². The van der Waals surface area contributed by atoms with Gasteiger partial charge in [0, 0.05) is 23.5 Å². The van der Waals surface area contributed by atoms with Gasteiger partial charge in [-0.05, 0) is 24.0 Å². The third-order valence-corrected chi connectivity index (χ3v) is 5.07. The Morgan fingerprint density at radius 3 is 2.24 bits per heavy atom. The second-order valence-electron chi connectivity index (χ2n) is 8.16. The maximum absolute atomic E-state index is 12.7. The molecule has 0 saturated heterocycles. The van der Waals surface area contributed by atoms with Crippen molar-refractivity contribution in [3.63, 3.8) is 0 Å². The van der Waals surface area contributed by atoms with Crippen molar-refractivity contribution in [2.24, 2.45) is 11.7 Å². The minimum atomic E-state index is -1.40. The number of nitrogens with two attached hydrogens (primary N) is 1. The fourth-order valence-corrected chi connectivity index (χ4v) is 3.42. The van der Waals surface area contributed by atoms with Crippen molar-refractivity contribution in [3.05, 3.63) is 36.0 Å². The molecule has 11 nitrogen and oxygen atoms in total. The molecule has 0 aliphatic carbocycles. The zero-order chi connectivity index (χ0) is 24.5. The normalized spacial score (nSPS) is 13.8. The molecule has 2 rings (SSSR count). The average Bonchev–Trinajstić information content (AvgIpc) is 3.18. The summed E-state index contributed by atoms with van der Waals surface area (Å²) in [5.41, 5.74) is 6.83. The number of aromatic amines is 1. The summed E-state index contributed by atoms with van der Waals surface area (Å²) in [7, 11) is 0. The molecule has 0 radical (unpaired) electrons. The number of carboxylic acids is 1. The lowest BCUT2D eigenvalue weighted by Crippen LogP contribution is -2.57. The van der Waals surface area contributed by atoms with Crippen LogP contribution in [0.15, 0.2) is 30.5 Å². The van der Waals surface area contributed by atoms with Gasteiger partial charge in [-0.2, -0.15) is 0 Å². The zero-order valence-electron chi connectivity index (χ0n) is 18.6. The van der Waals surface area contributed by atoms with E-state index in [4.69, 9.17) is 5.73 Å². The molecule has 8 N–H and O–H groups in total. The number of carboxylic acid groups (broad SMARTS) is 1. The number of aromatic nitrogens is 1. The fourth-order valence-electron chi connectivity index (χ4n) is 3.42. The number of fused-ring (bicyclic) bond motifs is 1. The van der Waals surface area contributed by atoms with Crippen LogP contribution >= 0.6 is 0 Å². The molecule has 0 fully saturated rings. The third-order valence-electron chi connectivity index (χ3n) is 5.07. The molecule has 0 bridgehead atoms. The van der Waals surface area contributed by atoms with Crippen LogP contribution in [0.2, 0.25) is 0 Å². The molecule has 0 spiro atoms. The third kappa shape index (κ3) is 7.29. The summed E-state index contributed by atoms with van der Waals surface area (Å²) in [6, 6.07) is 3.71. The van der Waals surface area contributed by atoms with Gasteiger partial charge in [-0.15, -0.1) is 0 Å². The molecule has 1 heterocycles. The Morgan fingerprint density at radius 1 is 1.00 bits per heavy atom. The summed E-state index contributed by atoms with van der Waals surface area (Å²) in [6.45, 7) is 2.65. The van der Waals surface area contributed by atoms with Crippen LogP contribution in [0, 0.1) is 5.92 Å². The number of aliphatic carboxylic acids is 1. The van der Waals surface area contributed by atoms with Crippen LogP contribution in [-0.4, -0.2) is 70.2 Å². The molecule has 180 valence electrons. The second kappa shape index (κ2) is 12.0. The average molecular weight is 462 g/mol. The molecule has 1 aromatic carbocycles. The van der Waals surface area contributed by atoms with E-state index < -0.39 is 48.4 Å². The fraction of sp³-hybridized carbons (Fsp3) is 0.455. The van der Waals surface area contributed by atoms with E-state index in [1.807, 2.05) is 38.1 Å². The Hall–Kier alpha value is -3.44.